The van der Waals surface area contributed by atoms with Crippen LogP contribution in [0.25, 0.3) is 0 Å². The van der Waals surface area contributed by atoms with Crippen LogP contribution in [0, 0.1) is 33.1 Å². The van der Waals surface area contributed by atoms with Gasteiger partial charge in [0.1, 0.15) is 11.6 Å². The molecule has 0 atom stereocenters. The molecule has 0 amide bonds. The first kappa shape index (κ1) is 14.0. The average molecular weight is 292 g/mol. The van der Waals surface area contributed by atoms with E-state index in [4.69, 9.17) is 5.26 Å². The molecular weight excluding hydrogens is 286 g/mol. The van der Waals surface area contributed by atoms with Gasteiger partial charge in [0, 0.05) is 15.9 Å². The van der Waals surface area contributed by atoms with Gasteiger partial charge in [-0.3, -0.25) is 10.1 Å². The molecule has 0 aromatic heterocycles. The van der Waals surface area contributed by atoms with E-state index in [0.29, 0.717) is 9.79 Å². The summed E-state index contributed by atoms with van der Waals surface area (Å²) in [5, 5.41) is 19.6. The molecule has 0 aliphatic heterocycles. The number of benzene rings is 2. The van der Waals surface area contributed by atoms with Gasteiger partial charge >= 0.3 is 0 Å². The maximum Gasteiger partial charge on any atom is 0.288 e. The van der Waals surface area contributed by atoms with Crippen LogP contribution in [0.2, 0.25) is 0 Å². The highest BCUT2D eigenvalue weighted by atomic mass is 32.2. The van der Waals surface area contributed by atoms with Crippen molar-refractivity contribution >= 4 is 17.4 Å². The van der Waals surface area contributed by atoms with Crippen molar-refractivity contribution in [2.24, 2.45) is 0 Å². The van der Waals surface area contributed by atoms with Crippen molar-refractivity contribution in [2.75, 3.05) is 0 Å². The number of nitro groups is 1. The minimum absolute atomic E-state index is 0.0513. The normalized spacial score (nSPS) is 10.1. The summed E-state index contributed by atoms with van der Waals surface area (Å²) in [5.74, 6) is -1.95. The number of halogens is 2. The van der Waals surface area contributed by atoms with E-state index in [9.17, 15) is 18.9 Å². The molecule has 0 aliphatic carbocycles. The molecule has 4 nitrogen and oxygen atoms in total. The summed E-state index contributed by atoms with van der Waals surface area (Å²) in [6, 6.07) is 9.14. The van der Waals surface area contributed by atoms with E-state index in [1.807, 2.05) is 0 Å². The largest absolute Gasteiger partial charge is 0.288 e. The Balaban J connectivity index is 2.34. The molecular formula is C13H6F2N2O2S. The minimum Gasteiger partial charge on any atom is -0.258 e. The first-order valence-corrected chi connectivity index (χ1v) is 6.14. The van der Waals surface area contributed by atoms with E-state index >= 15 is 0 Å². The molecule has 0 heterocycles. The molecule has 100 valence electrons. The molecule has 20 heavy (non-hydrogen) atoms. The van der Waals surface area contributed by atoms with Gasteiger partial charge in [-0.2, -0.15) is 5.26 Å². The Labute approximate surface area is 116 Å². The van der Waals surface area contributed by atoms with Gasteiger partial charge in [0.2, 0.25) is 0 Å². The van der Waals surface area contributed by atoms with E-state index in [1.54, 1.807) is 6.07 Å². The van der Waals surface area contributed by atoms with Gasteiger partial charge < -0.3 is 0 Å². The van der Waals surface area contributed by atoms with Crippen LogP contribution in [0.3, 0.4) is 0 Å². The van der Waals surface area contributed by atoms with Crippen molar-refractivity contribution in [2.45, 2.75) is 9.79 Å². The second-order valence-corrected chi connectivity index (χ2v) is 4.87. The van der Waals surface area contributed by atoms with Crippen LogP contribution in [0.15, 0.2) is 46.2 Å². The van der Waals surface area contributed by atoms with Gasteiger partial charge in [-0.1, -0.05) is 11.8 Å². The number of hydrogen-bond donors (Lipinski definition) is 0. The van der Waals surface area contributed by atoms with Gasteiger partial charge in [0.05, 0.1) is 4.92 Å². The standard InChI is InChI=1S/C13H6F2N2O2S/c14-11-4-3-9(5-12(11)15)20-10-2-1-8(7-16)13(6-10)17(18)19/h1-6H. The van der Waals surface area contributed by atoms with Crippen LogP contribution < -0.4 is 0 Å². The lowest BCUT2D eigenvalue weighted by atomic mass is 10.2. The third-order valence-corrected chi connectivity index (χ3v) is 3.39. The molecule has 0 saturated carbocycles. The van der Waals surface area contributed by atoms with Gasteiger partial charge in [0.25, 0.3) is 5.69 Å². The molecule has 0 bridgehead atoms. The van der Waals surface area contributed by atoms with Crippen LogP contribution >= 0.6 is 11.8 Å². The zero-order valence-corrected chi connectivity index (χ0v) is 10.7. The number of nitro benzene ring substituents is 1. The Morgan fingerprint density at radius 2 is 1.75 bits per heavy atom. The van der Waals surface area contributed by atoms with Gasteiger partial charge in [-0.15, -0.1) is 0 Å². The predicted molar refractivity (Wildman–Crippen MR) is 68.3 cm³/mol. The van der Waals surface area contributed by atoms with Crippen LogP contribution in [0.4, 0.5) is 14.5 Å². The quantitative estimate of drug-likeness (QED) is 0.635. The SMILES string of the molecule is N#Cc1ccc(Sc2ccc(F)c(F)c2)cc1[N+](=O)[O-]. The minimum atomic E-state index is -0.988. The summed E-state index contributed by atoms with van der Waals surface area (Å²) in [5.41, 5.74) is -0.371. The molecule has 0 fully saturated rings. The highest BCUT2D eigenvalue weighted by molar-refractivity contribution is 7.99. The number of nitrogens with zero attached hydrogens (tertiary/aromatic N) is 2. The Morgan fingerprint density at radius 1 is 1.10 bits per heavy atom. The fourth-order valence-corrected chi connectivity index (χ4v) is 2.37. The summed E-state index contributed by atoms with van der Waals surface area (Å²) in [7, 11) is 0. The second-order valence-electron chi connectivity index (χ2n) is 3.73. The zero-order chi connectivity index (χ0) is 14.7. The fraction of sp³-hybridized carbons (Fsp3) is 0. The highest BCUT2D eigenvalue weighted by Crippen LogP contribution is 2.32. The van der Waals surface area contributed by atoms with Crippen molar-refractivity contribution in [3.05, 3.63) is 63.7 Å². The maximum absolute atomic E-state index is 13.1. The summed E-state index contributed by atoms with van der Waals surface area (Å²) < 4.78 is 25.9. The molecule has 2 rings (SSSR count). The van der Waals surface area contributed by atoms with E-state index in [-0.39, 0.29) is 11.3 Å². The zero-order valence-electron chi connectivity index (χ0n) is 9.84. The van der Waals surface area contributed by atoms with Gasteiger partial charge in [0.15, 0.2) is 11.6 Å². The van der Waals surface area contributed by atoms with E-state index in [1.165, 1.54) is 24.3 Å². The maximum atomic E-state index is 13.1. The molecule has 7 heteroatoms. The van der Waals surface area contributed by atoms with Crippen molar-refractivity contribution < 1.29 is 13.7 Å². The molecule has 0 saturated heterocycles. The summed E-state index contributed by atoms with van der Waals surface area (Å²) >= 11 is 1.04. The van der Waals surface area contributed by atoms with Crippen LogP contribution in [0.1, 0.15) is 5.56 Å². The Kier molecular flexibility index (Phi) is 3.96. The van der Waals surface area contributed by atoms with Crippen molar-refractivity contribution in [3.63, 3.8) is 0 Å². The Bertz CT molecular complexity index is 729. The number of rotatable bonds is 3. The monoisotopic (exact) mass is 292 g/mol. The molecule has 0 N–H and O–H groups in total. The van der Waals surface area contributed by atoms with Crippen LogP contribution in [-0.4, -0.2) is 4.92 Å². The lowest BCUT2D eigenvalue weighted by Gasteiger charge is -2.03. The molecule has 2 aromatic carbocycles. The summed E-state index contributed by atoms with van der Waals surface area (Å²) in [6.45, 7) is 0. The predicted octanol–water partition coefficient (Wildman–Crippen LogP) is 3.90. The fourth-order valence-electron chi connectivity index (χ4n) is 1.50. The van der Waals surface area contributed by atoms with Crippen LogP contribution in [-0.2, 0) is 0 Å². The van der Waals surface area contributed by atoms with Crippen molar-refractivity contribution in [3.8, 4) is 6.07 Å². The van der Waals surface area contributed by atoms with Gasteiger partial charge in [-0.25, -0.2) is 8.78 Å². The molecule has 0 spiro atoms. The summed E-state index contributed by atoms with van der Waals surface area (Å²) in [4.78, 5) is 11.0. The first-order chi connectivity index (χ1) is 9.51. The topological polar surface area (TPSA) is 66.9 Å². The molecule has 0 radical (unpaired) electrons. The smallest absolute Gasteiger partial charge is 0.258 e. The number of hydrogen-bond acceptors (Lipinski definition) is 4. The number of nitriles is 1. The Morgan fingerprint density at radius 3 is 2.35 bits per heavy atom. The second kappa shape index (κ2) is 5.67. The van der Waals surface area contributed by atoms with Crippen LogP contribution in [0.5, 0.6) is 0 Å². The summed E-state index contributed by atoms with van der Waals surface area (Å²) in [6.07, 6.45) is 0. The third kappa shape index (κ3) is 2.92. The first-order valence-electron chi connectivity index (χ1n) is 5.32. The lowest BCUT2D eigenvalue weighted by Crippen LogP contribution is -1.92. The third-order valence-electron chi connectivity index (χ3n) is 2.41. The lowest BCUT2D eigenvalue weighted by molar-refractivity contribution is -0.385. The average Bonchev–Trinajstić information content (AvgIpc) is 2.43. The Hall–Kier alpha value is -2.46. The molecule has 0 unspecified atom stereocenters. The highest BCUT2D eigenvalue weighted by Gasteiger charge is 2.15. The van der Waals surface area contributed by atoms with Crippen molar-refractivity contribution in [1.29, 1.82) is 5.26 Å². The van der Waals surface area contributed by atoms with Gasteiger partial charge in [-0.05, 0) is 30.3 Å². The van der Waals surface area contributed by atoms with E-state index < -0.39 is 16.6 Å². The van der Waals surface area contributed by atoms with E-state index in [2.05, 4.69) is 0 Å². The van der Waals surface area contributed by atoms with Crippen molar-refractivity contribution in [1.82, 2.24) is 0 Å². The van der Waals surface area contributed by atoms with E-state index in [0.717, 1.165) is 23.9 Å². The molecule has 0 aliphatic rings. The molecule has 2 aromatic rings.